The molecule has 0 aromatic heterocycles. The summed E-state index contributed by atoms with van der Waals surface area (Å²) in [6, 6.07) is 6.19. The minimum Gasteiger partial charge on any atom is -0.390 e. The third-order valence-electron chi connectivity index (χ3n) is 3.39. The van der Waals surface area contributed by atoms with Crippen LogP contribution in [0.5, 0.6) is 0 Å². The van der Waals surface area contributed by atoms with Crippen molar-refractivity contribution in [2.24, 2.45) is 0 Å². The van der Waals surface area contributed by atoms with Crippen molar-refractivity contribution < 1.29 is 24.6 Å². The van der Waals surface area contributed by atoms with E-state index in [1.54, 1.807) is 24.3 Å². The number of amides is 2. The Labute approximate surface area is 137 Å². The molecular weight excluding hydrogens is 318 g/mol. The van der Waals surface area contributed by atoms with Gasteiger partial charge in [0, 0.05) is 24.8 Å². The van der Waals surface area contributed by atoms with Crippen molar-refractivity contribution in [3.8, 4) is 0 Å². The summed E-state index contributed by atoms with van der Waals surface area (Å²) in [5.74, 6) is -0.400. The molecule has 1 aliphatic rings. The van der Waals surface area contributed by atoms with Gasteiger partial charge >= 0.3 is 0 Å². The standard InChI is InChI=1S/C16H17NO5S/c1-10(18)23-9-8-13(19)16(22)11-2-4-12(5-3-11)17-14(20)6-7-15(17)21/h2-7,13,16,19,22H,8-9H2,1H3. The van der Waals surface area contributed by atoms with Gasteiger partial charge < -0.3 is 10.2 Å². The molecule has 1 aliphatic heterocycles. The van der Waals surface area contributed by atoms with Crippen LogP contribution in [0.1, 0.15) is 25.0 Å². The molecule has 0 spiro atoms. The van der Waals surface area contributed by atoms with Crippen LogP contribution in [0.4, 0.5) is 5.69 Å². The highest BCUT2D eigenvalue weighted by Gasteiger charge is 2.25. The SMILES string of the molecule is CC(=O)SCCC(O)C(O)c1ccc(N2C(=O)C=CC2=O)cc1. The van der Waals surface area contributed by atoms with Gasteiger partial charge in [0.1, 0.15) is 6.10 Å². The first-order valence-electron chi connectivity index (χ1n) is 7.05. The molecule has 2 amide bonds. The number of benzene rings is 1. The van der Waals surface area contributed by atoms with Gasteiger partial charge in [0.15, 0.2) is 5.12 Å². The van der Waals surface area contributed by atoms with E-state index in [1.165, 1.54) is 19.1 Å². The maximum Gasteiger partial charge on any atom is 0.258 e. The van der Waals surface area contributed by atoms with Gasteiger partial charge in [-0.2, -0.15) is 0 Å². The third-order valence-corrected chi connectivity index (χ3v) is 4.23. The maximum absolute atomic E-state index is 11.6. The summed E-state index contributed by atoms with van der Waals surface area (Å²) in [6.45, 7) is 1.45. The largest absolute Gasteiger partial charge is 0.390 e. The number of imide groups is 1. The Morgan fingerprint density at radius 3 is 2.22 bits per heavy atom. The lowest BCUT2D eigenvalue weighted by molar-refractivity contribution is -0.120. The summed E-state index contributed by atoms with van der Waals surface area (Å²) >= 11 is 1.09. The van der Waals surface area contributed by atoms with Crippen LogP contribution in [0.3, 0.4) is 0 Å². The van der Waals surface area contributed by atoms with Gasteiger partial charge in [-0.25, -0.2) is 4.90 Å². The Kier molecular flexibility index (Phi) is 5.70. The van der Waals surface area contributed by atoms with Crippen molar-refractivity contribution in [3.05, 3.63) is 42.0 Å². The molecule has 0 bridgehead atoms. The predicted molar refractivity (Wildman–Crippen MR) is 86.8 cm³/mol. The highest BCUT2D eigenvalue weighted by Crippen LogP contribution is 2.25. The van der Waals surface area contributed by atoms with Crippen molar-refractivity contribution in [1.82, 2.24) is 0 Å². The number of aliphatic hydroxyl groups is 2. The summed E-state index contributed by atoms with van der Waals surface area (Å²) in [4.78, 5) is 35.0. The van der Waals surface area contributed by atoms with Gasteiger partial charge in [-0.05, 0) is 24.1 Å². The number of thioether (sulfide) groups is 1. The van der Waals surface area contributed by atoms with Crippen LogP contribution >= 0.6 is 11.8 Å². The average molecular weight is 335 g/mol. The number of hydrogen-bond acceptors (Lipinski definition) is 6. The lowest BCUT2D eigenvalue weighted by Crippen LogP contribution is -2.29. The fourth-order valence-electron chi connectivity index (χ4n) is 2.18. The van der Waals surface area contributed by atoms with Gasteiger partial charge in [0.25, 0.3) is 11.8 Å². The minimum absolute atomic E-state index is 0.0374. The Balaban J connectivity index is 2.00. The molecule has 0 aliphatic carbocycles. The second-order valence-electron chi connectivity index (χ2n) is 5.08. The topological polar surface area (TPSA) is 94.9 Å². The van der Waals surface area contributed by atoms with Crippen LogP contribution < -0.4 is 4.90 Å². The second kappa shape index (κ2) is 7.54. The Hall–Kier alpha value is -1.96. The van der Waals surface area contributed by atoms with Crippen molar-refractivity contribution in [2.45, 2.75) is 25.6 Å². The first-order chi connectivity index (χ1) is 10.9. The maximum atomic E-state index is 11.6. The minimum atomic E-state index is -1.10. The smallest absolute Gasteiger partial charge is 0.258 e. The summed E-state index contributed by atoms with van der Waals surface area (Å²) in [5, 5.41) is 20.0. The monoisotopic (exact) mass is 335 g/mol. The highest BCUT2D eigenvalue weighted by molar-refractivity contribution is 8.13. The molecule has 6 nitrogen and oxygen atoms in total. The van der Waals surface area contributed by atoms with Crippen LogP contribution in [0, 0.1) is 0 Å². The zero-order valence-electron chi connectivity index (χ0n) is 12.5. The number of carbonyl (C=O) groups excluding carboxylic acids is 3. The molecule has 23 heavy (non-hydrogen) atoms. The Bertz CT molecular complexity index is 622. The summed E-state index contributed by atoms with van der Waals surface area (Å²) in [5.41, 5.74) is 0.878. The molecule has 0 fully saturated rings. The molecule has 0 radical (unpaired) electrons. The number of carbonyl (C=O) groups is 3. The normalized spacial score (nSPS) is 16.7. The molecule has 2 atom stereocenters. The van der Waals surface area contributed by atoms with Crippen molar-refractivity contribution in [2.75, 3.05) is 10.7 Å². The fraction of sp³-hybridized carbons (Fsp3) is 0.312. The third kappa shape index (κ3) is 4.28. The summed E-state index contributed by atoms with van der Waals surface area (Å²) in [6.07, 6.45) is 0.576. The van der Waals surface area contributed by atoms with Gasteiger partial charge in [-0.3, -0.25) is 14.4 Å². The molecule has 2 rings (SSSR count). The van der Waals surface area contributed by atoms with Crippen LogP contribution in [0.25, 0.3) is 0 Å². The van der Waals surface area contributed by atoms with Crippen LogP contribution in [0.15, 0.2) is 36.4 Å². The molecule has 7 heteroatoms. The number of anilines is 1. The van der Waals surface area contributed by atoms with E-state index in [0.717, 1.165) is 16.7 Å². The Morgan fingerprint density at radius 2 is 1.70 bits per heavy atom. The van der Waals surface area contributed by atoms with Gasteiger partial charge in [-0.1, -0.05) is 23.9 Å². The van der Waals surface area contributed by atoms with Crippen LogP contribution in [-0.4, -0.2) is 39.0 Å². The molecule has 0 saturated carbocycles. The fourth-order valence-corrected chi connectivity index (χ4v) is 2.83. The molecule has 2 N–H and O–H groups in total. The number of nitrogens with zero attached hydrogens (tertiary/aromatic N) is 1. The first kappa shape index (κ1) is 17.4. The summed E-state index contributed by atoms with van der Waals surface area (Å²) < 4.78 is 0. The van der Waals surface area contributed by atoms with E-state index in [0.29, 0.717) is 17.0 Å². The zero-order chi connectivity index (χ0) is 17.0. The zero-order valence-corrected chi connectivity index (χ0v) is 13.3. The van der Waals surface area contributed by atoms with E-state index >= 15 is 0 Å². The van der Waals surface area contributed by atoms with E-state index in [2.05, 4.69) is 0 Å². The number of rotatable bonds is 6. The quantitative estimate of drug-likeness (QED) is 0.758. The molecule has 2 unspecified atom stereocenters. The molecule has 1 aromatic carbocycles. The van der Waals surface area contributed by atoms with E-state index in [1.807, 2.05) is 0 Å². The van der Waals surface area contributed by atoms with E-state index in [-0.39, 0.29) is 11.5 Å². The van der Waals surface area contributed by atoms with Crippen molar-refractivity contribution >= 4 is 34.4 Å². The molecule has 122 valence electrons. The molecular formula is C16H17NO5S. The van der Waals surface area contributed by atoms with Gasteiger partial charge in [0.05, 0.1) is 11.8 Å². The summed E-state index contributed by atoms with van der Waals surface area (Å²) in [7, 11) is 0. The highest BCUT2D eigenvalue weighted by atomic mass is 32.2. The van der Waals surface area contributed by atoms with E-state index in [4.69, 9.17) is 0 Å². The van der Waals surface area contributed by atoms with Crippen molar-refractivity contribution in [1.29, 1.82) is 0 Å². The lowest BCUT2D eigenvalue weighted by atomic mass is 10.0. The lowest BCUT2D eigenvalue weighted by Gasteiger charge is -2.19. The number of aliphatic hydroxyl groups excluding tert-OH is 2. The van der Waals surface area contributed by atoms with Gasteiger partial charge in [-0.15, -0.1) is 0 Å². The second-order valence-corrected chi connectivity index (χ2v) is 6.35. The molecule has 1 heterocycles. The van der Waals surface area contributed by atoms with Crippen LogP contribution in [-0.2, 0) is 14.4 Å². The van der Waals surface area contributed by atoms with E-state index in [9.17, 15) is 24.6 Å². The van der Waals surface area contributed by atoms with Crippen molar-refractivity contribution in [3.63, 3.8) is 0 Å². The predicted octanol–water partition coefficient (Wildman–Crippen LogP) is 1.18. The average Bonchev–Trinajstić information content (AvgIpc) is 2.85. The Morgan fingerprint density at radius 1 is 1.13 bits per heavy atom. The number of hydrogen-bond donors (Lipinski definition) is 2. The molecule has 1 aromatic rings. The van der Waals surface area contributed by atoms with Gasteiger partial charge in [0.2, 0.25) is 0 Å². The van der Waals surface area contributed by atoms with Crippen LogP contribution in [0.2, 0.25) is 0 Å². The molecule has 0 saturated heterocycles. The van der Waals surface area contributed by atoms with E-state index < -0.39 is 24.0 Å². The first-order valence-corrected chi connectivity index (χ1v) is 8.04.